The summed E-state index contributed by atoms with van der Waals surface area (Å²) in [6.45, 7) is 0. The first-order chi connectivity index (χ1) is 21.3. The van der Waals surface area contributed by atoms with Gasteiger partial charge in [-0.15, -0.1) is 11.3 Å². The summed E-state index contributed by atoms with van der Waals surface area (Å²) in [6.07, 6.45) is 0. The van der Waals surface area contributed by atoms with Gasteiger partial charge in [0.25, 0.3) is 0 Å². The van der Waals surface area contributed by atoms with Crippen LogP contribution in [0, 0.1) is 0 Å². The van der Waals surface area contributed by atoms with Crippen molar-refractivity contribution in [3.05, 3.63) is 133 Å². The molecule has 0 aliphatic carbocycles. The van der Waals surface area contributed by atoms with Gasteiger partial charge in [-0.05, 0) is 54.6 Å². The molecule has 0 bridgehead atoms. The molecule has 6 aromatic carbocycles. The van der Waals surface area contributed by atoms with Gasteiger partial charge < -0.3 is 4.90 Å². The number of anilines is 3. The van der Waals surface area contributed by atoms with E-state index in [0.717, 1.165) is 50.3 Å². The topological polar surface area (TPSA) is 34.0 Å². The minimum atomic E-state index is 0.688. The lowest BCUT2D eigenvalue weighted by Gasteiger charge is -2.32. The molecule has 0 amide bonds. The molecule has 0 spiro atoms. The Labute approximate surface area is 250 Å². The maximum absolute atomic E-state index is 5.40. The molecule has 0 unspecified atom stereocenters. The summed E-state index contributed by atoms with van der Waals surface area (Å²) < 4.78 is 4.86. The van der Waals surface area contributed by atoms with Crippen LogP contribution in [0.2, 0.25) is 0 Å². The van der Waals surface area contributed by atoms with Crippen LogP contribution in [0.25, 0.3) is 70.1 Å². The summed E-state index contributed by atoms with van der Waals surface area (Å²) in [6, 6.07) is 47.5. The van der Waals surface area contributed by atoms with Gasteiger partial charge in [0.2, 0.25) is 5.95 Å². The third-order valence-electron chi connectivity index (χ3n) is 8.72. The number of aromatic nitrogens is 3. The molecule has 5 heteroatoms. The summed E-state index contributed by atoms with van der Waals surface area (Å²) in [5, 5.41) is 6.05. The van der Waals surface area contributed by atoms with Crippen molar-refractivity contribution >= 4 is 81.3 Å². The summed E-state index contributed by atoms with van der Waals surface area (Å²) >= 11 is 1.85. The number of rotatable bonds is 2. The van der Waals surface area contributed by atoms with Crippen LogP contribution in [-0.4, -0.2) is 14.5 Å². The lowest BCUT2D eigenvalue weighted by molar-refractivity contribution is 1.01. The highest BCUT2D eigenvalue weighted by Crippen LogP contribution is 2.50. The predicted molar refractivity (Wildman–Crippen MR) is 180 cm³/mol. The van der Waals surface area contributed by atoms with Crippen LogP contribution in [0.1, 0.15) is 0 Å². The summed E-state index contributed by atoms with van der Waals surface area (Å²) in [7, 11) is 0. The standard InChI is InChI=1S/C38H22N4S/c1-2-11-23(12-3-1)41-31-18-8-5-15-26(31)37-36-29(16-10-19-32(36)41)39-38(40-37)42-30-17-7-4-13-24(30)27-22-35-28(21-33(27)42)25-14-6-9-20-34(25)43-35/h1-22H. The number of benzene rings is 6. The second-order valence-electron chi connectivity index (χ2n) is 11.0. The van der Waals surface area contributed by atoms with E-state index >= 15 is 0 Å². The zero-order valence-corrected chi connectivity index (χ0v) is 23.7. The number of hydrogen-bond donors (Lipinski definition) is 0. The van der Waals surface area contributed by atoms with Crippen molar-refractivity contribution in [1.29, 1.82) is 0 Å². The Balaban J connectivity index is 1.32. The monoisotopic (exact) mass is 566 g/mol. The van der Waals surface area contributed by atoms with Crippen LogP contribution in [0.4, 0.5) is 17.1 Å². The number of para-hydroxylation sites is 3. The van der Waals surface area contributed by atoms with Crippen molar-refractivity contribution < 1.29 is 0 Å². The first kappa shape index (κ1) is 23.1. The van der Waals surface area contributed by atoms with E-state index in [1.807, 2.05) is 11.3 Å². The van der Waals surface area contributed by atoms with Crippen LogP contribution >= 0.6 is 11.3 Å². The Bertz CT molecular complexity index is 2580. The van der Waals surface area contributed by atoms with E-state index < -0.39 is 0 Å². The van der Waals surface area contributed by atoms with E-state index in [2.05, 4.69) is 143 Å². The third-order valence-corrected chi connectivity index (χ3v) is 9.85. The average molecular weight is 567 g/mol. The SMILES string of the molecule is c1ccc(N2c3ccccc3-c3nc(-n4c5ccccc5c5cc6sc7ccccc7c6cc54)nc4cccc2c34)cc1. The van der Waals surface area contributed by atoms with E-state index in [0.29, 0.717) is 5.95 Å². The molecule has 1 aliphatic heterocycles. The molecule has 9 aromatic rings. The first-order valence-corrected chi connectivity index (χ1v) is 15.3. The Hall–Kier alpha value is -5.52. The van der Waals surface area contributed by atoms with Gasteiger partial charge >= 0.3 is 0 Å². The van der Waals surface area contributed by atoms with Gasteiger partial charge in [0.15, 0.2) is 0 Å². The zero-order chi connectivity index (χ0) is 28.1. The van der Waals surface area contributed by atoms with Crippen LogP contribution in [0.5, 0.6) is 0 Å². The van der Waals surface area contributed by atoms with Crippen molar-refractivity contribution in [2.24, 2.45) is 0 Å². The van der Waals surface area contributed by atoms with Gasteiger partial charge in [0, 0.05) is 42.2 Å². The normalized spacial score (nSPS) is 12.6. The lowest BCUT2D eigenvalue weighted by atomic mass is 9.96. The molecule has 0 atom stereocenters. The number of fused-ring (bicyclic) bond motifs is 8. The lowest BCUT2D eigenvalue weighted by Crippen LogP contribution is -2.16. The summed E-state index contributed by atoms with van der Waals surface area (Å²) in [4.78, 5) is 13.0. The predicted octanol–water partition coefficient (Wildman–Crippen LogP) is 10.5. The summed E-state index contributed by atoms with van der Waals surface area (Å²) in [5.74, 6) is 0.688. The molecule has 200 valence electrons. The fourth-order valence-electron chi connectivity index (χ4n) is 6.89. The molecule has 3 aromatic heterocycles. The molecule has 0 N–H and O–H groups in total. The third kappa shape index (κ3) is 3.14. The molecule has 4 nitrogen and oxygen atoms in total. The maximum Gasteiger partial charge on any atom is 0.235 e. The van der Waals surface area contributed by atoms with Crippen molar-refractivity contribution in [2.75, 3.05) is 4.90 Å². The van der Waals surface area contributed by atoms with Crippen LogP contribution in [0.15, 0.2) is 133 Å². The van der Waals surface area contributed by atoms with E-state index in [-0.39, 0.29) is 0 Å². The van der Waals surface area contributed by atoms with Crippen LogP contribution < -0.4 is 4.90 Å². The van der Waals surface area contributed by atoms with Gasteiger partial charge in [-0.3, -0.25) is 4.57 Å². The van der Waals surface area contributed by atoms with Gasteiger partial charge in [-0.25, -0.2) is 9.97 Å². The smallest absolute Gasteiger partial charge is 0.235 e. The van der Waals surface area contributed by atoms with Gasteiger partial charge in [-0.1, -0.05) is 78.9 Å². The van der Waals surface area contributed by atoms with E-state index in [1.165, 1.54) is 30.9 Å². The Morgan fingerprint density at radius 1 is 0.512 bits per heavy atom. The van der Waals surface area contributed by atoms with Gasteiger partial charge in [0.05, 0.1) is 39.0 Å². The number of thiophene rings is 1. The fraction of sp³-hybridized carbons (Fsp3) is 0. The Morgan fingerprint density at radius 2 is 1.28 bits per heavy atom. The highest BCUT2D eigenvalue weighted by Gasteiger charge is 2.28. The maximum atomic E-state index is 5.40. The molecule has 43 heavy (non-hydrogen) atoms. The molecular formula is C38H22N4S. The average Bonchev–Trinajstić information content (AvgIpc) is 3.59. The largest absolute Gasteiger partial charge is 0.309 e. The molecule has 0 radical (unpaired) electrons. The highest BCUT2D eigenvalue weighted by atomic mass is 32.1. The molecule has 0 saturated carbocycles. The summed E-state index contributed by atoms with van der Waals surface area (Å²) in [5.41, 5.74) is 8.56. The van der Waals surface area contributed by atoms with E-state index in [1.54, 1.807) is 0 Å². The fourth-order valence-corrected chi connectivity index (χ4v) is 8.02. The number of hydrogen-bond acceptors (Lipinski definition) is 4. The molecule has 0 fully saturated rings. The van der Waals surface area contributed by atoms with Crippen molar-refractivity contribution in [2.45, 2.75) is 0 Å². The van der Waals surface area contributed by atoms with E-state index in [4.69, 9.17) is 9.97 Å². The Kier molecular flexibility index (Phi) is 4.57. The van der Waals surface area contributed by atoms with Crippen molar-refractivity contribution in [3.8, 4) is 17.2 Å². The molecule has 1 aliphatic rings. The second kappa shape index (κ2) is 8.51. The van der Waals surface area contributed by atoms with Crippen LogP contribution in [0.3, 0.4) is 0 Å². The highest BCUT2D eigenvalue weighted by molar-refractivity contribution is 7.25. The minimum Gasteiger partial charge on any atom is -0.309 e. The molecular weight excluding hydrogens is 545 g/mol. The molecule has 10 rings (SSSR count). The number of nitrogens with zero attached hydrogens (tertiary/aromatic N) is 4. The molecule has 4 heterocycles. The minimum absolute atomic E-state index is 0.688. The second-order valence-corrected chi connectivity index (χ2v) is 12.1. The van der Waals surface area contributed by atoms with Crippen molar-refractivity contribution in [3.63, 3.8) is 0 Å². The van der Waals surface area contributed by atoms with Gasteiger partial charge in [-0.2, -0.15) is 0 Å². The quantitative estimate of drug-likeness (QED) is 0.209. The first-order valence-electron chi connectivity index (χ1n) is 14.4. The van der Waals surface area contributed by atoms with E-state index in [9.17, 15) is 0 Å². The molecule has 0 saturated heterocycles. The Morgan fingerprint density at radius 3 is 2.21 bits per heavy atom. The van der Waals surface area contributed by atoms with Crippen molar-refractivity contribution in [1.82, 2.24) is 14.5 Å². The van der Waals surface area contributed by atoms with Gasteiger partial charge in [0.1, 0.15) is 0 Å². The van der Waals surface area contributed by atoms with Crippen LogP contribution in [-0.2, 0) is 0 Å². The zero-order valence-electron chi connectivity index (χ0n) is 22.9.